The molecule has 1 aliphatic heterocycles. The van der Waals surface area contributed by atoms with Crippen LogP contribution in [0.5, 0.6) is 0 Å². The van der Waals surface area contributed by atoms with Crippen LogP contribution in [-0.4, -0.2) is 75.1 Å². The van der Waals surface area contributed by atoms with Crippen LogP contribution < -0.4 is 0 Å². The van der Waals surface area contributed by atoms with Crippen molar-refractivity contribution < 1.29 is 19.0 Å². The van der Waals surface area contributed by atoms with Crippen molar-refractivity contribution in [2.75, 3.05) is 38.6 Å². The number of allylic oxidation sites excluding steroid dienone is 1. The van der Waals surface area contributed by atoms with E-state index in [2.05, 4.69) is 67.0 Å². The van der Waals surface area contributed by atoms with Crippen molar-refractivity contribution in [2.24, 2.45) is 5.92 Å². The molecule has 4 nitrogen and oxygen atoms in total. The van der Waals surface area contributed by atoms with Gasteiger partial charge in [0.1, 0.15) is 6.79 Å². The Bertz CT molecular complexity index is 762. The SMILES string of the molecule is C=[C](/C(=C/C1(C[C@@H](C)CC/C=C(\C)COCOCC[Si](C)(C)C)SCCCS1)C(=O)OC)[Sn]([CH3])([CH3])[CH3]. The third-order valence-corrected chi connectivity index (χ3v) is 17.1. The Morgan fingerprint density at radius 3 is 2.36 bits per heavy atom. The molecule has 0 aliphatic carbocycles. The Balaban J connectivity index is 2.70. The molecule has 0 radical (unpaired) electrons. The molecule has 1 fully saturated rings. The minimum atomic E-state index is -2.52. The van der Waals surface area contributed by atoms with Gasteiger partial charge in [0.05, 0.1) is 0 Å². The number of carbonyl (C=O) groups excluding carboxylic acids is 1. The van der Waals surface area contributed by atoms with Gasteiger partial charge in [0.2, 0.25) is 0 Å². The second-order valence-electron chi connectivity index (χ2n) is 12.3. The molecule has 0 aromatic carbocycles. The number of esters is 1. The van der Waals surface area contributed by atoms with Gasteiger partial charge in [-0.1, -0.05) is 19.6 Å². The van der Waals surface area contributed by atoms with Gasteiger partial charge in [0.15, 0.2) is 0 Å². The summed E-state index contributed by atoms with van der Waals surface area (Å²) in [5, 5.41) is 0. The molecule has 0 amide bonds. The van der Waals surface area contributed by atoms with E-state index in [0.717, 1.165) is 46.5 Å². The maximum atomic E-state index is 12.8. The Kier molecular flexibility index (Phi) is 15.7. The van der Waals surface area contributed by atoms with Gasteiger partial charge >= 0.3 is 185 Å². The van der Waals surface area contributed by atoms with Crippen molar-refractivity contribution in [1.82, 2.24) is 0 Å². The fourth-order valence-corrected chi connectivity index (χ4v) is 10.9. The van der Waals surface area contributed by atoms with Gasteiger partial charge in [-0.2, -0.15) is 0 Å². The first-order chi connectivity index (χ1) is 16.7. The van der Waals surface area contributed by atoms with Crippen LogP contribution in [0.1, 0.15) is 39.5 Å². The van der Waals surface area contributed by atoms with Crippen molar-refractivity contribution in [3.63, 3.8) is 0 Å². The van der Waals surface area contributed by atoms with E-state index >= 15 is 0 Å². The average molecular weight is 664 g/mol. The van der Waals surface area contributed by atoms with E-state index in [1.165, 1.54) is 25.1 Å². The van der Waals surface area contributed by atoms with Gasteiger partial charge in [0, 0.05) is 14.7 Å². The van der Waals surface area contributed by atoms with Crippen LogP contribution in [0.25, 0.3) is 0 Å². The number of methoxy groups -OCH3 is 1. The summed E-state index contributed by atoms with van der Waals surface area (Å²) in [6.45, 7) is 17.7. The molecule has 0 spiro atoms. The van der Waals surface area contributed by atoms with Crippen molar-refractivity contribution in [2.45, 2.75) is 84.1 Å². The number of rotatable bonds is 16. The first-order valence-corrected chi connectivity index (χ1v) is 29.0. The van der Waals surface area contributed by atoms with Crippen LogP contribution in [0.15, 0.2) is 33.5 Å². The Morgan fingerprint density at radius 1 is 1.17 bits per heavy atom. The summed E-state index contributed by atoms with van der Waals surface area (Å²) in [6.07, 6.45) is 8.95. The van der Waals surface area contributed by atoms with Crippen molar-refractivity contribution in [1.29, 1.82) is 0 Å². The van der Waals surface area contributed by atoms with Gasteiger partial charge in [-0.15, -0.1) is 0 Å². The quantitative estimate of drug-likeness (QED) is 0.0316. The zero-order valence-corrected chi connectivity index (χ0v) is 29.9. The first-order valence-electron chi connectivity index (χ1n) is 13.3. The second kappa shape index (κ2) is 16.4. The molecule has 1 aliphatic rings. The Morgan fingerprint density at radius 2 is 1.81 bits per heavy atom. The predicted octanol–water partition coefficient (Wildman–Crippen LogP) is 8.17. The summed E-state index contributed by atoms with van der Waals surface area (Å²) < 4.78 is 17.5. The van der Waals surface area contributed by atoms with E-state index in [1.54, 1.807) is 0 Å². The zero-order valence-electron chi connectivity index (χ0n) is 24.5. The van der Waals surface area contributed by atoms with Crippen LogP contribution in [0.3, 0.4) is 0 Å². The summed E-state index contributed by atoms with van der Waals surface area (Å²) in [4.78, 5) is 19.7. The molecule has 8 heteroatoms. The molecule has 0 aromatic rings. The molecular weight excluding hydrogens is 611 g/mol. The van der Waals surface area contributed by atoms with Gasteiger partial charge < -0.3 is 4.74 Å². The monoisotopic (exact) mass is 664 g/mol. The molecule has 36 heavy (non-hydrogen) atoms. The van der Waals surface area contributed by atoms with E-state index in [4.69, 9.17) is 14.2 Å². The minimum absolute atomic E-state index is 0.0869. The first kappa shape index (κ1) is 34.4. The van der Waals surface area contributed by atoms with Crippen LogP contribution in [-0.2, 0) is 19.0 Å². The molecule has 1 saturated heterocycles. The summed E-state index contributed by atoms with van der Waals surface area (Å²) >= 11 is 1.48. The van der Waals surface area contributed by atoms with E-state index in [9.17, 15) is 4.79 Å². The molecule has 0 N–H and O–H groups in total. The average Bonchev–Trinajstić information content (AvgIpc) is 2.78. The molecule has 0 bridgehead atoms. The van der Waals surface area contributed by atoms with Crippen molar-refractivity contribution in [3.05, 3.63) is 33.5 Å². The summed E-state index contributed by atoms with van der Waals surface area (Å²) in [6, 6.07) is 1.17. The summed E-state index contributed by atoms with van der Waals surface area (Å²) in [5.41, 5.74) is 1.99. The molecule has 0 aromatic heterocycles. The summed E-state index contributed by atoms with van der Waals surface area (Å²) in [7, 11) is 0.438. The predicted molar refractivity (Wildman–Crippen MR) is 167 cm³/mol. The molecule has 208 valence electrons. The number of carbonyl (C=O) groups is 1. The Hall–Kier alpha value is 0.326. The second-order valence-corrected chi connectivity index (χ2v) is 35.6. The number of hydrogen-bond donors (Lipinski definition) is 0. The van der Waals surface area contributed by atoms with E-state index in [0.29, 0.717) is 19.3 Å². The zero-order chi connectivity index (χ0) is 27.4. The van der Waals surface area contributed by atoms with Crippen molar-refractivity contribution in [3.8, 4) is 0 Å². The molecule has 0 unspecified atom stereocenters. The molecular formula is C28H52O4S2SiSn. The van der Waals surface area contributed by atoms with Gasteiger partial charge in [-0.3, -0.25) is 0 Å². The summed E-state index contributed by atoms with van der Waals surface area (Å²) in [5.74, 6) is 2.58. The molecule has 1 rings (SSSR count). The number of thioether (sulfide) groups is 2. The van der Waals surface area contributed by atoms with Gasteiger partial charge in [0.25, 0.3) is 0 Å². The fourth-order valence-electron chi connectivity index (χ4n) is 3.81. The van der Waals surface area contributed by atoms with E-state index in [1.807, 2.05) is 23.5 Å². The third kappa shape index (κ3) is 13.9. The van der Waals surface area contributed by atoms with E-state index in [-0.39, 0.29) is 10.0 Å². The van der Waals surface area contributed by atoms with Gasteiger partial charge in [-0.25, -0.2) is 0 Å². The molecule has 1 atom stereocenters. The van der Waals surface area contributed by atoms with E-state index < -0.39 is 26.5 Å². The van der Waals surface area contributed by atoms with Crippen LogP contribution in [0.4, 0.5) is 0 Å². The van der Waals surface area contributed by atoms with Gasteiger partial charge in [-0.05, 0) is 6.04 Å². The number of ether oxygens (including phenoxy) is 3. The van der Waals surface area contributed by atoms with Crippen molar-refractivity contribution >= 4 is 55.9 Å². The van der Waals surface area contributed by atoms with Crippen LogP contribution in [0.2, 0.25) is 40.5 Å². The normalized spacial score (nSPS) is 18.1. The fraction of sp³-hybridized carbons (Fsp3) is 0.750. The maximum absolute atomic E-state index is 12.8. The third-order valence-electron chi connectivity index (χ3n) is 6.26. The topological polar surface area (TPSA) is 44.8 Å². The number of hydrogen-bond acceptors (Lipinski definition) is 6. The Labute approximate surface area is 235 Å². The standard InChI is InChI=1S/C25H43O4S2Si.3CH3.Sn/c1-8-23(24(26)27-4)18-25(30-14-10-15-31-25)17-21(2)11-9-12-22(3)19-29-20-28-13-16-32(5,6)7;;;;/h12,18,21H,1,9-11,13-17,19-20H2,2-7H3;3*1H3;/b22-12+,23-18-;;;;/t21-;;;;/m0..../s1. The van der Waals surface area contributed by atoms with Crippen LogP contribution >= 0.6 is 23.5 Å². The molecule has 1 heterocycles. The van der Waals surface area contributed by atoms with Crippen LogP contribution in [0, 0.1) is 5.92 Å². The molecule has 0 saturated carbocycles.